The molecule has 0 unspecified atom stereocenters. The van der Waals surface area contributed by atoms with E-state index in [4.69, 9.17) is 11.6 Å². The molecule has 0 aromatic carbocycles. The maximum atomic E-state index is 11.5. The standard InChI is InChI=1S/C10H14ClNOS/c1-7(2)3-4-12-10(13)9-5-8(11)6-14-9/h5-7H,3-4H2,1-2H3,(H,12,13). The van der Waals surface area contributed by atoms with Crippen LogP contribution < -0.4 is 5.32 Å². The van der Waals surface area contributed by atoms with Gasteiger partial charge in [-0.1, -0.05) is 25.4 Å². The Bertz CT molecular complexity index is 309. The molecule has 0 atom stereocenters. The second-order valence-corrected chi connectivity index (χ2v) is 4.92. The van der Waals surface area contributed by atoms with Crippen LogP contribution in [-0.4, -0.2) is 12.5 Å². The second kappa shape index (κ2) is 5.37. The number of nitrogens with one attached hydrogen (secondary N) is 1. The van der Waals surface area contributed by atoms with Gasteiger partial charge < -0.3 is 5.32 Å². The molecular weight excluding hydrogens is 218 g/mol. The maximum Gasteiger partial charge on any atom is 0.261 e. The van der Waals surface area contributed by atoms with Gasteiger partial charge in [0.05, 0.1) is 9.90 Å². The van der Waals surface area contributed by atoms with Crippen LogP contribution in [0, 0.1) is 5.92 Å². The Morgan fingerprint density at radius 1 is 1.64 bits per heavy atom. The van der Waals surface area contributed by atoms with E-state index >= 15 is 0 Å². The summed E-state index contributed by atoms with van der Waals surface area (Å²) in [5, 5.41) is 5.25. The third kappa shape index (κ3) is 3.68. The summed E-state index contributed by atoms with van der Waals surface area (Å²) in [7, 11) is 0. The molecule has 0 saturated carbocycles. The minimum Gasteiger partial charge on any atom is -0.351 e. The average molecular weight is 232 g/mol. The minimum absolute atomic E-state index is 0.0254. The summed E-state index contributed by atoms with van der Waals surface area (Å²) in [6.45, 7) is 4.99. The second-order valence-electron chi connectivity index (χ2n) is 3.57. The van der Waals surface area contributed by atoms with Gasteiger partial charge in [0.15, 0.2) is 0 Å². The first-order valence-electron chi connectivity index (χ1n) is 4.62. The van der Waals surface area contributed by atoms with E-state index in [-0.39, 0.29) is 5.91 Å². The summed E-state index contributed by atoms with van der Waals surface area (Å²) in [5.41, 5.74) is 0. The monoisotopic (exact) mass is 231 g/mol. The Labute approximate surface area is 93.3 Å². The lowest BCUT2D eigenvalue weighted by Crippen LogP contribution is -2.24. The summed E-state index contributed by atoms with van der Waals surface area (Å²) >= 11 is 7.09. The number of rotatable bonds is 4. The number of halogens is 1. The molecule has 1 aromatic heterocycles. The summed E-state index contributed by atoms with van der Waals surface area (Å²) in [5.74, 6) is 0.588. The zero-order chi connectivity index (χ0) is 10.6. The SMILES string of the molecule is CC(C)CCNC(=O)c1cc(Cl)cs1. The third-order valence-electron chi connectivity index (χ3n) is 1.80. The summed E-state index contributed by atoms with van der Waals surface area (Å²) in [4.78, 5) is 12.2. The molecule has 0 aliphatic carbocycles. The molecule has 1 aromatic rings. The van der Waals surface area contributed by atoms with Crippen molar-refractivity contribution in [2.75, 3.05) is 6.54 Å². The summed E-state index contributed by atoms with van der Waals surface area (Å²) in [6, 6.07) is 1.69. The van der Waals surface area contributed by atoms with Crippen molar-refractivity contribution in [2.24, 2.45) is 5.92 Å². The molecule has 0 saturated heterocycles. The van der Waals surface area contributed by atoms with Crippen molar-refractivity contribution in [1.82, 2.24) is 5.32 Å². The highest BCUT2D eigenvalue weighted by Gasteiger charge is 2.07. The fourth-order valence-electron chi connectivity index (χ4n) is 0.994. The van der Waals surface area contributed by atoms with Gasteiger partial charge in [0.25, 0.3) is 5.91 Å². The lowest BCUT2D eigenvalue weighted by molar-refractivity contribution is 0.0956. The summed E-state index contributed by atoms with van der Waals surface area (Å²) in [6.07, 6.45) is 1.00. The van der Waals surface area contributed by atoms with Crippen LogP contribution in [0.15, 0.2) is 11.4 Å². The number of carbonyl (C=O) groups is 1. The van der Waals surface area contributed by atoms with Gasteiger partial charge >= 0.3 is 0 Å². The van der Waals surface area contributed by atoms with Crippen molar-refractivity contribution in [3.05, 3.63) is 21.3 Å². The highest BCUT2D eigenvalue weighted by atomic mass is 35.5. The highest BCUT2D eigenvalue weighted by molar-refractivity contribution is 7.12. The van der Waals surface area contributed by atoms with Gasteiger partial charge in [-0.25, -0.2) is 0 Å². The van der Waals surface area contributed by atoms with Crippen LogP contribution in [0.3, 0.4) is 0 Å². The number of hydrogen-bond donors (Lipinski definition) is 1. The predicted molar refractivity (Wildman–Crippen MR) is 61.1 cm³/mol. The molecule has 4 heteroatoms. The van der Waals surface area contributed by atoms with E-state index in [9.17, 15) is 4.79 Å². The van der Waals surface area contributed by atoms with Gasteiger partial charge in [-0.05, 0) is 18.4 Å². The fraction of sp³-hybridized carbons (Fsp3) is 0.500. The largest absolute Gasteiger partial charge is 0.351 e. The maximum absolute atomic E-state index is 11.5. The Morgan fingerprint density at radius 2 is 2.36 bits per heavy atom. The first kappa shape index (κ1) is 11.5. The van der Waals surface area contributed by atoms with Crippen LogP contribution in [0.5, 0.6) is 0 Å². The molecule has 2 nitrogen and oxygen atoms in total. The van der Waals surface area contributed by atoms with Crippen molar-refractivity contribution in [1.29, 1.82) is 0 Å². The van der Waals surface area contributed by atoms with E-state index in [1.54, 1.807) is 11.4 Å². The van der Waals surface area contributed by atoms with Crippen LogP contribution in [0.2, 0.25) is 5.02 Å². The third-order valence-corrected chi connectivity index (χ3v) is 3.08. The number of hydrogen-bond acceptors (Lipinski definition) is 2. The van der Waals surface area contributed by atoms with Gasteiger partial charge in [-0.2, -0.15) is 0 Å². The molecule has 0 aliphatic rings. The van der Waals surface area contributed by atoms with Crippen LogP contribution in [0.4, 0.5) is 0 Å². The molecule has 1 amide bonds. The molecule has 0 radical (unpaired) electrons. The van der Waals surface area contributed by atoms with Crippen molar-refractivity contribution >= 4 is 28.8 Å². The van der Waals surface area contributed by atoms with E-state index in [1.165, 1.54) is 11.3 Å². The molecule has 78 valence electrons. The van der Waals surface area contributed by atoms with Gasteiger partial charge in [0.1, 0.15) is 0 Å². The average Bonchev–Trinajstić information content (AvgIpc) is 2.51. The van der Waals surface area contributed by atoms with Crippen molar-refractivity contribution in [2.45, 2.75) is 20.3 Å². The number of thiophene rings is 1. The molecule has 0 aliphatic heterocycles. The number of amides is 1. The van der Waals surface area contributed by atoms with Gasteiger partial charge in [0.2, 0.25) is 0 Å². The van der Waals surface area contributed by atoms with Gasteiger partial charge in [0, 0.05) is 11.9 Å². The molecule has 1 heterocycles. The first-order chi connectivity index (χ1) is 6.59. The molecule has 0 spiro atoms. The molecule has 1 rings (SSSR count). The smallest absolute Gasteiger partial charge is 0.261 e. The molecule has 14 heavy (non-hydrogen) atoms. The molecule has 0 fully saturated rings. The predicted octanol–water partition coefficient (Wildman–Crippen LogP) is 3.18. The van der Waals surface area contributed by atoms with Crippen LogP contribution in [0.1, 0.15) is 29.9 Å². The summed E-state index contributed by atoms with van der Waals surface area (Å²) < 4.78 is 0. The van der Waals surface area contributed by atoms with Crippen molar-refractivity contribution < 1.29 is 4.79 Å². The lowest BCUT2D eigenvalue weighted by atomic mass is 10.1. The Morgan fingerprint density at radius 3 is 2.86 bits per heavy atom. The lowest BCUT2D eigenvalue weighted by Gasteiger charge is -2.05. The van der Waals surface area contributed by atoms with E-state index in [0.717, 1.165) is 13.0 Å². The molecule has 0 bridgehead atoms. The normalized spacial score (nSPS) is 10.6. The Balaban J connectivity index is 2.36. The Hall–Kier alpha value is -0.540. The van der Waals surface area contributed by atoms with Gasteiger partial charge in [-0.15, -0.1) is 11.3 Å². The van der Waals surface area contributed by atoms with Crippen LogP contribution in [-0.2, 0) is 0 Å². The quantitative estimate of drug-likeness (QED) is 0.848. The van der Waals surface area contributed by atoms with Crippen LogP contribution >= 0.6 is 22.9 Å². The van der Waals surface area contributed by atoms with Gasteiger partial charge in [-0.3, -0.25) is 4.79 Å². The zero-order valence-electron chi connectivity index (χ0n) is 8.34. The zero-order valence-corrected chi connectivity index (χ0v) is 9.91. The number of carbonyl (C=O) groups excluding carboxylic acids is 1. The highest BCUT2D eigenvalue weighted by Crippen LogP contribution is 2.18. The van der Waals surface area contributed by atoms with E-state index < -0.39 is 0 Å². The van der Waals surface area contributed by atoms with Crippen LogP contribution in [0.25, 0.3) is 0 Å². The van der Waals surface area contributed by atoms with Crippen molar-refractivity contribution in [3.63, 3.8) is 0 Å². The van der Waals surface area contributed by atoms with E-state index in [0.29, 0.717) is 15.8 Å². The van der Waals surface area contributed by atoms with E-state index in [1.807, 2.05) is 0 Å². The minimum atomic E-state index is -0.0254. The van der Waals surface area contributed by atoms with Crippen molar-refractivity contribution in [3.8, 4) is 0 Å². The fourth-order valence-corrected chi connectivity index (χ4v) is 1.98. The Kier molecular flexibility index (Phi) is 4.42. The topological polar surface area (TPSA) is 29.1 Å². The first-order valence-corrected chi connectivity index (χ1v) is 5.87. The van der Waals surface area contributed by atoms with E-state index in [2.05, 4.69) is 19.2 Å². The molecule has 1 N–H and O–H groups in total. The molecular formula is C10H14ClNOS.